The molecule has 1 aliphatic rings. The molecule has 0 spiro atoms. The van der Waals surface area contributed by atoms with Crippen molar-refractivity contribution >= 4 is 6.09 Å². The van der Waals surface area contributed by atoms with Gasteiger partial charge in [0.2, 0.25) is 0 Å². The molecule has 0 aliphatic heterocycles. The lowest BCUT2D eigenvalue weighted by Gasteiger charge is -2.16. The molecule has 1 heterocycles. The standard InChI is InChI=1S/C18H20N2O4/c1-23-15-4-2-13(3-5-15)14-8-16(10-19-9-14)24-12-18(6-7-18)11-20-17(21)22/h2-5,8-10,20H,6-7,11-12H2,1H3,(H,21,22). The van der Waals surface area contributed by atoms with Gasteiger partial charge in [-0.3, -0.25) is 4.98 Å². The third-order valence-corrected chi connectivity index (χ3v) is 4.25. The number of hydrogen-bond acceptors (Lipinski definition) is 4. The largest absolute Gasteiger partial charge is 0.497 e. The second kappa shape index (κ2) is 6.78. The summed E-state index contributed by atoms with van der Waals surface area (Å²) in [6.07, 6.45) is 4.41. The van der Waals surface area contributed by atoms with Crippen LogP contribution in [0.2, 0.25) is 0 Å². The predicted molar refractivity (Wildman–Crippen MR) is 89.4 cm³/mol. The number of rotatable bonds is 7. The highest BCUT2D eigenvalue weighted by atomic mass is 16.5. The number of benzene rings is 1. The number of carboxylic acid groups (broad SMARTS) is 1. The SMILES string of the molecule is COc1ccc(-c2cncc(OCC3(CNC(=O)O)CC3)c2)cc1. The quantitative estimate of drug-likeness (QED) is 0.816. The van der Waals surface area contributed by atoms with E-state index in [1.54, 1.807) is 19.5 Å². The Balaban J connectivity index is 1.64. The van der Waals surface area contributed by atoms with Crippen LogP contribution in [0.25, 0.3) is 11.1 Å². The fraction of sp³-hybridized carbons (Fsp3) is 0.333. The number of hydrogen-bond donors (Lipinski definition) is 2. The zero-order chi connectivity index (χ0) is 17.0. The van der Waals surface area contributed by atoms with Crippen LogP contribution >= 0.6 is 0 Å². The number of ether oxygens (including phenoxy) is 2. The van der Waals surface area contributed by atoms with Gasteiger partial charge in [-0.1, -0.05) is 12.1 Å². The van der Waals surface area contributed by atoms with Gasteiger partial charge in [-0.05, 0) is 36.6 Å². The maximum Gasteiger partial charge on any atom is 0.404 e. The highest BCUT2D eigenvalue weighted by Crippen LogP contribution is 2.45. The van der Waals surface area contributed by atoms with Crippen molar-refractivity contribution in [2.24, 2.45) is 5.41 Å². The van der Waals surface area contributed by atoms with Gasteiger partial charge in [0.1, 0.15) is 11.5 Å². The molecule has 24 heavy (non-hydrogen) atoms. The van der Waals surface area contributed by atoms with Gasteiger partial charge in [0.05, 0.1) is 19.9 Å². The van der Waals surface area contributed by atoms with Gasteiger partial charge in [0.15, 0.2) is 0 Å². The van der Waals surface area contributed by atoms with E-state index in [1.807, 2.05) is 30.3 Å². The summed E-state index contributed by atoms with van der Waals surface area (Å²) in [7, 11) is 1.64. The zero-order valence-corrected chi connectivity index (χ0v) is 13.5. The second-order valence-electron chi connectivity index (χ2n) is 6.09. The van der Waals surface area contributed by atoms with E-state index >= 15 is 0 Å². The molecular formula is C18H20N2O4. The van der Waals surface area contributed by atoms with Gasteiger partial charge in [-0.15, -0.1) is 0 Å². The lowest BCUT2D eigenvalue weighted by atomic mass is 10.1. The topological polar surface area (TPSA) is 80.7 Å². The first-order valence-electron chi connectivity index (χ1n) is 7.79. The zero-order valence-electron chi connectivity index (χ0n) is 13.5. The Kier molecular flexibility index (Phi) is 4.55. The van der Waals surface area contributed by atoms with Crippen LogP contribution in [0.4, 0.5) is 4.79 Å². The lowest BCUT2D eigenvalue weighted by Crippen LogP contribution is -2.31. The van der Waals surface area contributed by atoms with Crippen molar-refractivity contribution in [2.75, 3.05) is 20.3 Å². The molecule has 1 fully saturated rings. The molecule has 0 radical (unpaired) electrons. The summed E-state index contributed by atoms with van der Waals surface area (Å²) in [4.78, 5) is 14.9. The summed E-state index contributed by atoms with van der Waals surface area (Å²) in [5, 5.41) is 11.2. The fourth-order valence-corrected chi connectivity index (χ4v) is 2.49. The van der Waals surface area contributed by atoms with Crippen LogP contribution in [0, 0.1) is 5.41 Å². The Labute approximate surface area is 140 Å². The first-order valence-corrected chi connectivity index (χ1v) is 7.79. The molecule has 1 aliphatic carbocycles. The smallest absolute Gasteiger partial charge is 0.404 e. The average molecular weight is 328 g/mol. The minimum absolute atomic E-state index is 0.0749. The van der Waals surface area contributed by atoms with E-state index in [0.29, 0.717) is 18.9 Å². The van der Waals surface area contributed by atoms with E-state index in [0.717, 1.165) is 29.7 Å². The molecule has 6 heteroatoms. The maximum absolute atomic E-state index is 10.6. The summed E-state index contributed by atoms with van der Waals surface area (Å²) in [5.41, 5.74) is 1.92. The molecule has 6 nitrogen and oxygen atoms in total. The molecule has 0 bridgehead atoms. The van der Waals surface area contributed by atoms with Crippen LogP contribution in [0.5, 0.6) is 11.5 Å². The van der Waals surface area contributed by atoms with E-state index in [-0.39, 0.29) is 5.41 Å². The number of pyridine rings is 1. The van der Waals surface area contributed by atoms with Gasteiger partial charge in [-0.25, -0.2) is 4.79 Å². The minimum Gasteiger partial charge on any atom is -0.497 e. The van der Waals surface area contributed by atoms with E-state index in [2.05, 4.69) is 10.3 Å². The van der Waals surface area contributed by atoms with Gasteiger partial charge in [0, 0.05) is 23.7 Å². The van der Waals surface area contributed by atoms with Gasteiger partial charge >= 0.3 is 6.09 Å². The maximum atomic E-state index is 10.6. The summed E-state index contributed by atoms with van der Waals surface area (Å²) < 4.78 is 11.0. The first kappa shape index (κ1) is 16.1. The van der Waals surface area contributed by atoms with Gasteiger partial charge < -0.3 is 19.9 Å². The molecule has 2 aromatic rings. The third kappa shape index (κ3) is 3.95. The van der Waals surface area contributed by atoms with E-state index in [4.69, 9.17) is 14.6 Å². The molecule has 1 aromatic carbocycles. The normalized spacial score (nSPS) is 14.7. The third-order valence-electron chi connectivity index (χ3n) is 4.25. The second-order valence-corrected chi connectivity index (χ2v) is 6.09. The van der Waals surface area contributed by atoms with Crippen molar-refractivity contribution < 1.29 is 19.4 Å². The molecule has 0 saturated heterocycles. The van der Waals surface area contributed by atoms with Crippen molar-refractivity contribution in [1.82, 2.24) is 10.3 Å². The van der Waals surface area contributed by atoms with E-state index in [1.165, 1.54) is 0 Å². The first-order chi connectivity index (χ1) is 11.6. The Morgan fingerprint density at radius 3 is 2.58 bits per heavy atom. The molecular weight excluding hydrogens is 308 g/mol. The van der Waals surface area contributed by atoms with E-state index < -0.39 is 6.09 Å². The number of amides is 1. The Hall–Kier alpha value is -2.76. The Bertz CT molecular complexity index is 711. The van der Waals surface area contributed by atoms with Crippen LogP contribution in [-0.4, -0.2) is 36.4 Å². The summed E-state index contributed by atoms with van der Waals surface area (Å²) in [6, 6.07) is 9.69. The molecule has 3 rings (SSSR count). The summed E-state index contributed by atoms with van der Waals surface area (Å²) in [5.74, 6) is 1.49. The van der Waals surface area contributed by atoms with Crippen molar-refractivity contribution in [1.29, 1.82) is 0 Å². The highest BCUT2D eigenvalue weighted by molar-refractivity contribution is 5.65. The van der Waals surface area contributed by atoms with Crippen LogP contribution in [0.1, 0.15) is 12.8 Å². The minimum atomic E-state index is -0.996. The van der Waals surface area contributed by atoms with Gasteiger partial charge in [-0.2, -0.15) is 0 Å². The lowest BCUT2D eigenvalue weighted by molar-refractivity contribution is 0.184. The highest BCUT2D eigenvalue weighted by Gasteiger charge is 2.43. The van der Waals surface area contributed by atoms with Crippen LogP contribution < -0.4 is 14.8 Å². The average Bonchev–Trinajstić information content (AvgIpc) is 3.39. The molecule has 0 atom stereocenters. The van der Waals surface area contributed by atoms with Crippen molar-refractivity contribution in [3.63, 3.8) is 0 Å². The summed E-state index contributed by atoms with van der Waals surface area (Å²) in [6.45, 7) is 0.912. The Morgan fingerprint density at radius 1 is 1.21 bits per heavy atom. The van der Waals surface area contributed by atoms with Crippen LogP contribution in [0.15, 0.2) is 42.7 Å². The molecule has 2 N–H and O–H groups in total. The predicted octanol–water partition coefficient (Wildman–Crippen LogP) is 3.18. The summed E-state index contributed by atoms with van der Waals surface area (Å²) >= 11 is 0. The number of carbonyl (C=O) groups is 1. The van der Waals surface area contributed by atoms with Crippen LogP contribution in [-0.2, 0) is 0 Å². The monoisotopic (exact) mass is 328 g/mol. The number of nitrogens with zero attached hydrogens (tertiary/aromatic N) is 1. The molecule has 1 amide bonds. The van der Waals surface area contributed by atoms with Crippen LogP contribution in [0.3, 0.4) is 0 Å². The van der Waals surface area contributed by atoms with Gasteiger partial charge in [0.25, 0.3) is 0 Å². The number of aromatic nitrogens is 1. The molecule has 1 aromatic heterocycles. The van der Waals surface area contributed by atoms with E-state index in [9.17, 15) is 4.79 Å². The number of methoxy groups -OCH3 is 1. The fourth-order valence-electron chi connectivity index (χ4n) is 2.49. The van der Waals surface area contributed by atoms with Crippen molar-refractivity contribution in [2.45, 2.75) is 12.8 Å². The number of nitrogens with one attached hydrogen (secondary N) is 1. The molecule has 126 valence electrons. The van der Waals surface area contributed by atoms with Crippen molar-refractivity contribution in [3.8, 4) is 22.6 Å². The molecule has 1 saturated carbocycles. The van der Waals surface area contributed by atoms with Crippen molar-refractivity contribution in [3.05, 3.63) is 42.7 Å². The Morgan fingerprint density at radius 2 is 1.96 bits per heavy atom. The molecule has 0 unspecified atom stereocenters.